The van der Waals surface area contributed by atoms with Crippen LogP contribution in [0.15, 0.2) is 36.0 Å². The molecule has 0 saturated carbocycles. The second kappa shape index (κ2) is 10.2. The van der Waals surface area contributed by atoms with E-state index >= 15 is 0 Å². The molecule has 2 aromatic heterocycles. The SMILES string of the molecule is CC(C)(C)C#Cc1cc(C2=C(C3CCNCC3)CN(Cc3ccccn3)CC2)c(C(=O)O)s1. The quantitative estimate of drug-likeness (QED) is 0.618. The lowest BCUT2D eigenvalue weighted by atomic mass is 9.81. The topological polar surface area (TPSA) is 65.5 Å². The van der Waals surface area contributed by atoms with Crippen LogP contribution in [0.1, 0.15) is 65.8 Å². The lowest BCUT2D eigenvalue weighted by molar-refractivity contribution is 0.0702. The summed E-state index contributed by atoms with van der Waals surface area (Å²) < 4.78 is 0. The Kier molecular flexibility index (Phi) is 7.33. The number of rotatable bonds is 5. The molecule has 0 aliphatic carbocycles. The molecule has 1 saturated heterocycles. The van der Waals surface area contributed by atoms with Gasteiger partial charge < -0.3 is 10.4 Å². The number of carboxylic acids is 1. The maximum absolute atomic E-state index is 12.2. The minimum absolute atomic E-state index is 0.121. The van der Waals surface area contributed by atoms with E-state index in [0.29, 0.717) is 10.8 Å². The van der Waals surface area contributed by atoms with Gasteiger partial charge in [0.15, 0.2) is 0 Å². The predicted octanol–water partition coefficient (Wildman–Crippen LogP) is 4.90. The number of carbonyl (C=O) groups is 1. The molecule has 5 nitrogen and oxygen atoms in total. The summed E-state index contributed by atoms with van der Waals surface area (Å²) in [5.41, 5.74) is 4.49. The van der Waals surface area contributed by atoms with Crippen molar-refractivity contribution in [1.82, 2.24) is 15.2 Å². The van der Waals surface area contributed by atoms with Gasteiger partial charge >= 0.3 is 5.97 Å². The van der Waals surface area contributed by atoms with E-state index in [1.54, 1.807) is 0 Å². The Balaban J connectivity index is 1.71. The zero-order valence-electron chi connectivity index (χ0n) is 19.8. The lowest BCUT2D eigenvalue weighted by Gasteiger charge is -2.36. The monoisotopic (exact) mass is 463 g/mol. The average Bonchev–Trinajstić information content (AvgIpc) is 3.23. The van der Waals surface area contributed by atoms with Crippen LogP contribution < -0.4 is 5.32 Å². The van der Waals surface area contributed by atoms with Crippen molar-refractivity contribution < 1.29 is 9.90 Å². The third-order valence-electron chi connectivity index (χ3n) is 6.22. The smallest absolute Gasteiger partial charge is 0.346 e. The van der Waals surface area contributed by atoms with E-state index in [1.807, 2.05) is 24.4 Å². The zero-order valence-corrected chi connectivity index (χ0v) is 20.6. The zero-order chi connectivity index (χ0) is 23.4. The van der Waals surface area contributed by atoms with Gasteiger partial charge in [0.1, 0.15) is 4.88 Å². The van der Waals surface area contributed by atoms with Gasteiger partial charge in [-0.1, -0.05) is 17.9 Å². The Morgan fingerprint density at radius 3 is 2.76 bits per heavy atom. The molecule has 2 N–H and O–H groups in total. The first kappa shape index (κ1) is 23.7. The molecule has 0 atom stereocenters. The van der Waals surface area contributed by atoms with Crippen molar-refractivity contribution in [3.8, 4) is 11.8 Å². The Morgan fingerprint density at radius 1 is 1.30 bits per heavy atom. The number of aromatic carboxylic acids is 1. The van der Waals surface area contributed by atoms with E-state index in [4.69, 9.17) is 0 Å². The molecule has 0 spiro atoms. The second-order valence-corrected chi connectivity index (χ2v) is 11.0. The minimum atomic E-state index is -0.855. The van der Waals surface area contributed by atoms with Gasteiger partial charge in [0.2, 0.25) is 0 Å². The first-order valence-electron chi connectivity index (χ1n) is 11.8. The maximum atomic E-state index is 12.2. The minimum Gasteiger partial charge on any atom is -0.477 e. The van der Waals surface area contributed by atoms with E-state index in [2.05, 4.69) is 53.9 Å². The molecular weight excluding hydrogens is 430 g/mol. The number of piperidine rings is 1. The molecule has 0 radical (unpaired) electrons. The van der Waals surface area contributed by atoms with Crippen molar-refractivity contribution in [2.24, 2.45) is 11.3 Å². The van der Waals surface area contributed by atoms with Crippen molar-refractivity contribution in [2.75, 3.05) is 26.2 Å². The van der Waals surface area contributed by atoms with Crippen molar-refractivity contribution in [3.63, 3.8) is 0 Å². The number of carboxylic acid groups (broad SMARTS) is 1. The van der Waals surface area contributed by atoms with Crippen molar-refractivity contribution >= 4 is 22.9 Å². The van der Waals surface area contributed by atoms with Gasteiger partial charge in [0.05, 0.1) is 10.6 Å². The normalized spacial score (nSPS) is 18.2. The number of thiophene rings is 1. The van der Waals surface area contributed by atoms with Gasteiger partial charge in [0, 0.05) is 36.8 Å². The summed E-state index contributed by atoms with van der Waals surface area (Å²) in [6.07, 6.45) is 4.90. The molecule has 0 aromatic carbocycles. The molecule has 6 heteroatoms. The Morgan fingerprint density at radius 2 is 2.09 bits per heavy atom. The highest BCUT2D eigenvalue weighted by atomic mass is 32.1. The lowest BCUT2D eigenvalue weighted by Crippen LogP contribution is -2.37. The van der Waals surface area contributed by atoms with Crippen LogP contribution in [0.3, 0.4) is 0 Å². The second-order valence-electron chi connectivity index (χ2n) is 9.97. The summed E-state index contributed by atoms with van der Waals surface area (Å²) >= 11 is 1.31. The number of nitrogens with zero attached hydrogens (tertiary/aromatic N) is 2. The van der Waals surface area contributed by atoms with Gasteiger partial charge in [-0.3, -0.25) is 9.88 Å². The Labute approximate surface area is 200 Å². The molecular formula is C27H33N3O2S. The van der Waals surface area contributed by atoms with Crippen LogP contribution in [-0.4, -0.2) is 47.1 Å². The van der Waals surface area contributed by atoms with Crippen LogP contribution in [0.5, 0.6) is 0 Å². The van der Waals surface area contributed by atoms with Gasteiger partial charge in [-0.2, -0.15) is 0 Å². The summed E-state index contributed by atoms with van der Waals surface area (Å²) in [6, 6.07) is 8.08. The van der Waals surface area contributed by atoms with Gasteiger partial charge in [0.25, 0.3) is 0 Å². The van der Waals surface area contributed by atoms with E-state index in [9.17, 15) is 9.90 Å². The highest BCUT2D eigenvalue weighted by Crippen LogP contribution is 2.39. The van der Waals surface area contributed by atoms with Crippen LogP contribution in [0, 0.1) is 23.2 Å². The van der Waals surface area contributed by atoms with Crippen LogP contribution in [-0.2, 0) is 6.54 Å². The number of nitrogens with one attached hydrogen (secondary N) is 1. The Bertz CT molecular complexity index is 1080. The highest BCUT2D eigenvalue weighted by molar-refractivity contribution is 7.14. The van der Waals surface area contributed by atoms with Gasteiger partial charge in [-0.15, -0.1) is 11.3 Å². The van der Waals surface area contributed by atoms with Crippen LogP contribution in [0.2, 0.25) is 0 Å². The summed E-state index contributed by atoms with van der Waals surface area (Å²) in [5.74, 6) is 6.12. The third-order valence-corrected chi connectivity index (χ3v) is 7.25. The molecule has 0 bridgehead atoms. The molecule has 2 aliphatic rings. The molecule has 1 fully saturated rings. The number of aromatic nitrogens is 1. The highest BCUT2D eigenvalue weighted by Gasteiger charge is 2.30. The Hall–Kier alpha value is -2.46. The summed E-state index contributed by atoms with van der Waals surface area (Å²) in [5, 5.41) is 13.5. The fourth-order valence-corrected chi connectivity index (χ4v) is 5.52. The number of hydrogen-bond acceptors (Lipinski definition) is 5. The summed E-state index contributed by atoms with van der Waals surface area (Å²) in [6.45, 7) is 10.8. The summed E-state index contributed by atoms with van der Waals surface area (Å²) in [7, 11) is 0. The number of hydrogen-bond donors (Lipinski definition) is 2. The summed E-state index contributed by atoms with van der Waals surface area (Å²) in [4.78, 5) is 20.4. The van der Waals surface area contributed by atoms with Crippen LogP contribution in [0.25, 0.3) is 5.57 Å². The molecule has 0 unspecified atom stereocenters. The molecule has 2 aliphatic heterocycles. The molecule has 33 heavy (non-hydrogen) atoms. The van der Waals surface area contributed by atoms with Crippen molar-refractivity contribution in [1.29, 1.82) is 0 Å². The van der Waals surface area contributed by atoms with Crippen LogP contribution >= 0.6 is 11.3 Å². The molecule has 0 amide bonds. The first-order chi connectivity index (χ1) is 15.8. The first-order valence-corrected chi connectivity index (χ1v) is 12.6. The third kappa shape index (κ3) is 6.11. The molecule has 4 heterocycles. The van der Waals surface area contributed by atoms with E-state index in [-0.39, 0.29) is 5.41 Å². The predicted molar refractivity (Wildman–Crippen MR) is 134 cm³/mol. The molecule has 174 valence electrons. The van der Waals surface area contributed by atoms with Gasteiger partial charge in [-0.05, 0) is 88.4 Å². The molecule has 4 rings (SSSR count). The van der Waals surface area contributed by atoms with E-state index < -0.39 is 5.97 Å². The van der Waals surface area contributed by atoms with Gasteiger partial charge in [-0.25, -0.2) is 4.79 Å². The van der Waals surface area contributed by atoms with E-state index in [0.717, 1.165) is 68.1 Å². The number of pyridine rings is 1. The largest absolute Gasteiger partial charge is 0.477 e. The fraction of sp³-hybridized carbons (Fsp3) is 0.481. The average molecular weight is 464 g/mol. The standard InChI is InChI=1S/C27H33N3O2S/c1-27(2,3)11-7-21-16-23(25(33-21)26(31)32)22-10-15-30(17-20-6-4-5-12-29-20)18-24(22)19-8-13-28-14-9-19/h4-6,12,16,19,28H,8-10,13-15,17-18H2,1-3H3,(H,31,32). The van der Waals surface area contributed by atoms with Crippen molar-refractivity contribution in [2.45, 2.75) is 46.6 Å². The molecule has 2 aromatic rings. The van der Waals surface area contributed by atoms with Crippen LogP contribution in [0.4, 0.5) is 0 Å². The maximum Gasteiger partial charge on any atom is 0.346 e. The fourth-order valence-electron chi connectivity index (χ4n) is 4.64. The van der Waals surface area contributed by atoms with E-state index in [1.165, 1.54) is 22.5 Å². The van der Waals surface area contributed by atoms with Crippen molar-refractivity contribution in [3.05, 3.63) is 57.0 Å².